The number of imide groups is 1. The van der Waals surface area contributed by atoms with E-state index in [0.717, 1.165) is 66.6 Å². The molecule has 0 aliphatic carbocycles. The van der Waals surface area contributed by atoms with E-state index < -0.39 is 0 Å². The largest absolute Gasteiger partial charge is 0.309 e. The zero-order valence-corrected chi connectivity index (χ0v) is 37.5. The van der Waals surface area contributed by atoms with Crippen molar-refractivity contribution in [2.45, 2.75) is 6.92 Å². The van der Waals surface area contributed by atoms with E-state index in [2.05, 4.69) is 197 Å². The zero-order chi connectivity index (χ0) is 45.9. The number of fused-ring (bicyclic) bond motifs is 10. The summed E-state index contributed by atoms with van der Waals surface area (Å²) < 4.78 is 7.01. The van der Waals surface area contributed by atoms with Gasteiger partial charge in [-0.3, -0.25) is 9.59 Å². The van der Waals surface area contributed by atoms with Crippen LogP contribution in [-0.2, 0) is 0 Å². The first-order chi connectivity index (χ1) is 34.0. The molecule has 6 heteroatoms. The minimum absolute atomic E-state index is 0.305. The van der Waals surface area contributed by atoms with Crippen LogP contribution in [0.25, 0.3) is 105 Å². The molecule has 0 N–H and O–H groups in total. The van der Waals surface area contributed by atoms with Crippen LogP contribution in [0.4, 0.5) is 5.69 Å². The maximum Gasteiger partial charge on any atom is 0.266 e. The van der Waals surface area contributed by atoms with E-state index in [1.165, 1.54) is 48.6 Å². The van der Waals surface area contributed by atoms with Crippen LogP contribution in [0.5, 0.6) is 0 Å². The number of benzene rings is 10. The molecule has 0 atom stereocenters. The number of carbonyl (C=O) groups is 2. The van der Waals surface area contributed by atoms with Crippen LogP contribution in [0, 0.1) is 6.92 Å². The Bertz CT molecular complexity index is 4250. The molecule has 13 aromatic rings. The molecule has 2 amide bonds. The molecule has 1 aliphatic rings. The Hall–Kier alpha value is -9.26. The summed E-state index contributed by atoms with van der Waals surface area (Å²) >= 11 is 0. The summed E-state index contributed by atoms with van der Waals surface area (Å²) in [6, 6.07) is 78.7. The fourth-order valence-electron chi connectivity index (χ4n) is 11.0. The Labute approximate surface area is 396 Å². The maximum atomic E-state index is 13.5. The van der Waals surface area contributed by atoms with Gasteiger partial charge in [0.15, 0.2) is 0 Å². The van der Waals surface area contributed by atoms with Gasteiger partial charge in [-0.1, -0.05) is 109 Å². The molecule has 14 rings (SSSR count). The molecule has 1 aliphatic heterocycles. The highest BCUT2D eigenvalue weighted by atomic mass is 16.2. The first-order valence-electron chi connectivity index (χ1n) is 23.3. The van der Waals surface area contributed by atoms with E-state index in [4.69, 9.17) is 0 Å². The van der Waals surface area contributed by atoms with Crippen molar-refractivity contribution >= 4 is 82.9 Å². The van der Waals surface area contributed by atoms with Crippen LogP contribution >= 0.6 is 0 Å². The molecule has 3 aromatic heterocycles. The lowest BCUT2D eigenvalue weighted by Crippen LogP contribution is -2.29. The number of para-hydroxylation sites is 3. The van der Waals surface area contributed by atoms with Crippen LogP contribution in [-0.4, -0.2) is 25.5 Å². The maximum absolute atomic E-state index is 13.5. The SMILES string of the molecule is Cc1ccc(-n2c3ccccc3c3cc(-c4ccc5c(c4)c4cc(-c6ccc7c(c6)c6ccccc6n7-c6ccccc6)ccc4n5-c4ccc(N5C(=O)c6ccccc6C5=O)cc4)ccc32)cc1. The van der Waals surface area contributed by atoms with Crippen molar-refractivity contribution in [1.82, 2.24) is 13.7 Å². The van der Waals surface area contributed by atoms with E-state index in [0.29, 0.717) is 16.8 Å². The highest BCUT2D eigenvalue weighted by molar-refractivity contribution is 6.34. The summed E-state index contributed by atoms with van der Waals surface area (Å²) in [6.07, 6.45) is 0. The number of rotatable bonds is 6. The molecule has 10 aromatic carbocycles. The summed E-state index contributed by atoms with van der Waals surface area (Å²) in [7, 11) is 0. The fourth-order valence-corrected chi connectivity index (χ4v) is 11.0. The van der Waals surface area contributed by atoms with Gasteiger partial charge < -0.3 is 13.7 Å². The van der Waals surface area contributed by atoms with Crippen LogP contribution in [0.2, 0.25) is 0 Å². The number of aryl methyl sites for hydroxylation is 1. The van der Waals surface area contributed by atoms with Crippen LogP contribution in [0.15, 0.2) is 224 Å². The average Bonchev–Trinajstić information content (AvgIpc) is 4.10. The number of nitrogens with zero attached hydrogens (tertiary/aromatic N) is 4. The second-order valence-electron chi connectivity index (χ2n) is 18.1. The van der Waals surface area contributed by atoms with Crippen molar-refractivity contribution in [3.63, 3.8) is 0 Å². The predicted octanol–water partition coefficient (Wildman–Crippen LogP) is 15.4. The third-order valence-corrected chi connectivity index (χ3v) is 14.2. The lowest BCUT2D eigenvalue weighted by molar-refractivity contribution is 0.0926. The van der Waals surface area contributed by atoms with E-state index in [1.54, 1.807) is 24.3 Å². The molecule has 0 spiro atoms. The number of aromatic nitrogens is 3. The first kappa shape index (κ1) is 39.0. The van der Waals surface area contributed by atoms with E-state index in [1.807, 2.05) is 24.3 Å². The molecule has 6 nitrogen and oxygen atoms in total. The van der Waals surface area contributed by atoms with Gasteiger partial charge in [-0.05, 0) is 151 Å². The Morgan fingerprint density at radius 1 is 0.275 bits per heavy atom. The van der Waals surface area contributed by atoms with Crippen LogP contribution < -0.4 is 4.90 Å². The van der Waals surface area contributed by atoms with Gasteiger partial charge in [-0.2, -0.15) is 0 Å². The second-order valence-corrected chi connectivity index (χ2v) is 18.1. The highest BCUT2D eigenvalue weighted by Crippen LogP contribution is 2.41. The molecule has 0 radical (unpaired) electrons. The molecule has 0 bridgehead atoms. The fraction of sp³-hybridized carbons (Fsp3) is 0.0159. The van der Waals surface area contributed by atoms with Crippen molar-refractivity contribution in [2.75, 3.05) is 4.90 Å². The van der Waals surface area contributed by atoms with Gasteiger partial charge in [-0.25, -0.2) is 4.90 Å². The Kier molecular flexibility index (Phi) is 8.40. The smallest absolute Gasteiger partial charge is 0.266 e. The Balaban J connectivity index is 0.939. The predicted molar refractivity (Wildman–Crippen MR) is 283 cm³/mol. The van der Waals surface area contributed by atoms with E-state index in [-0.39, 0.29) is 11.8 Å². The summed E-state index contributed by atoms with van der Waals surface area (Å²) in [6.45, 7) is 2.12. The Morgan fingerprint density at radius 2 is 0.594 bits per heavy atom. The minimum Gasteiger partial charge on any atom is -0.309 e. The number of hydrogen-bond donors (Lipinski definition) is 0. The third kappa shape index (κ3) is 5.85. The van der Waals surface area contributed by atoms with Crippen LogP contribution in [0.1, 0.15) is 26.3 Å². The van der Waals surface area contributed by atoms with Crippen molar-refractivity contribution in [3.05, 3.63) is 241 Å². The number of carbonyl (C=O) groups excluding carboxylic acids is 2. The standard InChI is InChI=1S/C63H40N4O2/c1-39-19-25-45(26-20-39)65-57-18-10-8-14-49(57)53-36-41(22-32-59(53)65)43-24-34-61-55(38-43)54-37-42(40-21-31-58-52(35-40)48-13-7-9-17-56(48)64(58)44-11-3-2-4-12-44)23-33-60(54)66(61)46-27-29-47(30-28-46)67-62(68)50-15-5-6-16-51(50)63(67)69/h2-38H,1H3. The molecule has 4 heterocycles. The molecule has 0 unspecified atom stereocenters. The first-order valence-corrected chi connectivity index (χ1v) is 23.3. The molecule has 324 valence electrons. The summed E-state index contributed by atoms with van der Waals surface area (Å²) in [4.78, 5) is 28.2. The van der Waals surface area contributed by atoms with Crippen LogP contribution in [0.3, 0.4) is 0 Å². The molecule has 0 saturated heterocycles. The summed E-state index contributed by atoms with van der Waals surface area (Å²) in [5.41, 5.74) is 17.1. The molecule has 0 saturated carbocycles. The van der Waals surface area contributed by atoms with Crippen molar-refractivity contribution in [3.8, 4) is 39.3 Å². The van der Waals surface area contributed by atoms with Gasteiger partial charge in [0, 0.05) is 49.4 Å². The van der Waals surface area contributed by atoms with Crippen molar-refractivity contribution < 1.29 is 9.59 Å². The second kappa shape index (κ2) is 14.9. The average molecular weight is 885 g/mol. The topological polar surface area (TPSA) is 52.2 Å². The van der Waals surface area contributed by atoms with Gasteiger partial charge in [0.05, 0.1) is 49.9 Å². The lowest BCUT2D eigenvalue weighted by Gasteiger charge is -2.15. The van der Waals surface area contributed by atoms with Crippen molar-refractivity contribution in [2.24, 2.45) is 0 Å². The summed E-state index contributed by atoms with van der Waals surface area (Å²) in [5, 5.41) is 7.08. The minimum atomic E-state index is -0.305. The van der Waals surface area contributed by atoms with Gasteiger partial charge in [0.1, 0.15) is 0 Å². The molecule has 0 fully saturated rings. The lowest BCUT2D eigenvalue weighted by atomic mass is 9.98. The number of amides is 2. The van der Waals surface area contributed by atoms with Crippen molar-refractivity contribution in [1.29, 1.82) is 0 Å². The molecular weight excluding hydrogens is 845 g/mol. The summed E-state index contributed by atoms with van der Waals surface area (Å²) in [5.74, 6) is -0.609. The highest BCUT2D eigenvalue weighted by Gasteiger charge is 2.36. The van der Waals surface area contributed by atoms with Gasteiger partial charge >= 0.3 is 0 Å². The number of anilines is 1. The van der Waals surface area contributed by atoms with Gasteiger partial charge in [0.2, 0.25) is 0 Å². The number of hydrogen-bond acceptors (Lipinski definition) is 2. The molecular formula is C63H40N4O2. The third-order valence-electron chi connectivity index (χ3n) is 14.2. The quantitative estimate of drug-likeness (QED) is 0.156. The monoisotopic (exact) mass is 884 g/mol. The zero-order valence-electron chi connectivity index (χ0n) is 37.5. The normalized spacial score (nSPS) is 12.7. The van der Waals surface area contributed by atoms with E-state index >= 15 is 0 Å². The molecule has 69 heavy (non-hydrogen) atoms. The Morgan fingerprint density at radius 3 is 1.03 bits per heavy atom. The van der Waals surface area contributed by atoms with E-state index in [9.17, 15) is 9.59 Å². The van der Waals surface area contributed by atoms with Gasteiger partial charge in [0.25, 0.3) is 11.8 Å². The van der Waals surface area contributed by atoms with Gasteiger partial charge in [-0.15, -0.1) is 0 Å².